The first-order valence-electron chi connectivity index (χ1n) is 6.11. The van der Waals surface area contributed by atoms with Gasteiger partial charge in [0.15, 0.2) is 0 Å². The molecule has 0 aromatic rings. The van der Waals surface area contributed by atoms with E-state index in [1.54, 1.807) is 25.7 Å². The van der Waals surface area contributed by atoms with Crippen molar-refractivity contribution in [2.75, 3.05) is 6.54 Å². The molecule has 1 fully saturated rings. The van der Waals surface area contributed by atoms with Crippen LogP contribution in [0.2, 0.25) is 0 Å². The first-order chi connectivity index (χ1) is 7.57. The van der Waals surface area contributed by atoms with Gasteiger partial charge in [-0.05, 0) is 32.1 Å². The normalized spacial score (nSPS) is 21.4. The second kappa shape index (κ2) is 4.31. The molecule has 98 valence electrons. The van der Waals surface area contributed by atoms with E-state index in [4.69, 9.17) is 0 Å². The summed E-state index contributed by atoms with van der Waals surface area (Å²) in [5, 5.41) is 9.26. The fourth-order valence-electron chi connectivity index (χ4n) is 2.52. The van der Waals surface area contributed by atoms with Crippen LogP contribution in [0, 0.1) is 11.3 Å². The van der Waals surface area contributed by atoms with Gasteiger partial charge in [-0.15, -0.1) is 0 Å². The number of hydrogen-bond donors (Lipinski definition) is 1. The summed E-state index contributed by atoms with van der Waals surface area (Å²) >= 11 is 0. The fraction of sp³-hybridized carbons (Fsp3) is 0.846. The third-order valence-electron chi connectivity index (χ3n) is 3.53. The quantitative estimate of drug-likeness (QED) is 0.753. The third kappa shape index (κ3) is 2.79. The maximum absolute atomic E-state index is 12.4. The van der Waals surface area contributed by atoms with Gasteiger partial charge >= 0.3 is 5.97 Å². The maximum Gasteiger partial charge on any atom is 0.316 e. The van der Waals surface area contributed by atoms with E-state index in [-0.39, 0.29) is 11.4 Å². The highest BCUT2D eigenvalue weighted by Crippen LogP contribution is 2.34. The summed E-state index contributed by atoms with van der Waals surface area (Å²) in [6, 6.07) is 0. The number of carbonyl (C=O) groups is 2. The van der Waals surface area contributed by atoms with Crippen LogP contribution in [0.4, 0.5) is 0 Å². The van der Waals surface area contributed by atoms with E-state index in [1.165, 1.54) is 0 Å². The summed E-state index contributed by atoms with van der Waals surface area (Å²) in [5.74, 6) is -2.22. The molecule has 1 amide bonds. The Bertz CT molecular complexity index is 328. The number of aliphatic carboxylic acids is 1. The standard InChI is InChI=1S/C13H23NO3/c1-12(2,3)9(11(16)17)10(15)14-8-6-7-13(14,4)5/h9H,6-8H2,1-5H3,(H,16,17). The van der Waals surface area contributed by atoms with E-state index >= 15 is 0 Å². The van der Waals surface area contributed by atoms with E-state index in [9.17, 15) is 14.7 Å². The lowest BCUT2D eigenvalue weighted by Gasteiger charge is -2.37. The lowest BCUT2D eigenvalue weighted by Crippen LogP contribution is -2.50. The zero-order valence-corrected chi connectivity index (χ0v) is 11.4. The van der Waals surface area contributed by atoms with Gasteiger partial charge in [-0.25, -0.2) is 0 Å². The highest BCUT2D eigenvalue weighted by Gasteiger charge is 2.45. The molecule has 1 aliphatic heterocycles. The van der Waals surface area contributed by atoms with Crippen LogP contribution < -0.4 is 0 Å². The number of carbonyl (C=O) groups excluding carboxylic acids is 1. The zero-order chi connectivity index (χ0) is 13.4. The number of carboxylic acids is 1. The molecule has 0 aromatic carbocycles. The largest absolute Gasteiger partial charge is 0.481 e. The van der Waals surface area contributed by atoms with Crippen LogP contribution in [-0.2, 0) is 9.59 Å². The van der Waals surface area contributed by atoms with Crippen molar-refractivity contribution >= 4 is 11.9 Å². The van der Waals surface area contributed by atoms with E-state index in [2.05, 4.69) is 0 Å². The molecule has 0 saturated carbocycles. The van der Waals surface area contributed by atoms with Crippen molar-refractivity contribution in [3.05, 3.63) is 0 Å². The SMILES string of the molecule is CC(C)(C)C(C(=O)O)C(=O)N1CCCC1(C)C. The molecule has 1 atom stereocenters. The van der Waals surface area contributed by atoms with Gasteiger partial charge in [0.05, 0.1) is 0 Å². The Morgan fingerprint density at radius 3 is 2.12 bits per heavy atom. The number of hydrogen-bond acceptors (Lipinski definition) is 2. The molecule has 1 heterocycles. The van der Waals surface area contributed by atoms with Gasteiger partial charge in [0.25, 0.3) is 0 Å². The summed E-state index contributed by atoms with van der Waals surface area (Å²) in [6.45, 7) is 10.1. The Labute approximate surface area is 103 Å². The van der Waals surface area contributed by atoms with Crippen molar-refractivity contribution in [3.8, 4) is 0 Å². The minimum atomic E-state index is -1.02. The Hall–Kier alpha value is -1.06. The van der Waals surface area contributed by atoms with Gasteiger partial charge in [-0.2, -0.15) is 0 Å². The summed E-state index contributed by atoms with van der Waals surface area (Å²) in [5.41, 5.74) is -0.766. The fourth-order valence-corrected chi connectivity index (χ4v) is 2.52. The summed E-state index contributed by atoms with van der Waals surface area (Å²) in [6.07, 6.45) is 1.89. The Balaban J connectivity index is 2.98. The van der Waals surface area contributed by atoms with Crippen LogP contribution in [-0.4, -0.2) is 34.0 Å². The van der Waals surface area contributed by atoms with Crippen LogP contribution in [0.25, 0.3) is 0 Å². The zero-order valence-electron chi connectivity index (χ0n) is 11.4. The highest BCUT2D eigenvalue weighted by molar-refractivity contribution is 5.98. The topological polar surface area (TPSA) is 57.6 Å². The minimum absolute atomic E-state index is 0.212. The Morgan fingerprint density at radius 1 is 1.29 bits per heavy atom. The lowest BCUT2D eigenvalue weighted by atomic mass is 9.79. The van der Waals surface area contributed by atoms with Gasteiger partial charge in [0, 0.05) is 12.1 Å². The molecular formula is C13H23NO3. The molecule has 0 bridgehead atoms. The molecular weight excluding hydrogens is 218 g/mol. The van der Waals surface area contributed by atoms with Crippen molar-refractivity contribution in [3.63, 3.8) is 0 Å². The average Bonchev–Trinajstić information content (AvgIpc) is 2.41. The van der Waals surface area contributed by atoms with Gasteiger partial charge in [-0.1, -0.05) is 20.8 Å². The predicted octanol–water partition coefficient (Wildman–Crippen LogP) is 2.13. The van der Waals surface area contributed by atoms with E-state index in [0.29, 0.717) is 6.54 Å². The smallest absolute Gasteiger partial charge is 0.316 e. The summed E-state index contributed by atoms with van der Waals surface area (Å²) in [7, 11) is 0. The number of rotatable bonds is 2. The van der Waals surface area contributed by atoms with Crippen molar-refractivity contribution in [1.29, 1.82) is 0 Å². The number of nitrogens with zero attached hydrogens (tertiary/aromatic N) is 1. The molecule has 0 aromatic heterocycles. The Kier molecular flexibility index (Phi) is 3.55. The van der Waals surface area contributed by atoms with Crippen LogP contribution >= 0.6 is 0 Å². The van der Waals surface area contributed by atoms with E-state index in [1.807, 2.05) is 13.8 Å². The first kappa shape index (κ1) is 14.0. The molecule has 1 rings (SSSR count). The first-order valence-corrected chi connectivity index (χ1v) is 6.11. The van der Waals surface area contributed by atoms with Crippen LogP contribution in [0.1, 0.15) is 47.5 Å². The maximum atomic E-state index is 12.4. The lowest BCUT2D eigenvalue weighted by molar-refractivity contribution is -0.157. The molecule has 1 saturated heterocycles. The third-order valence-corrected chi connectivity index (χ3v) is 3.53. The van der Waals surface area contributed by atoms with Crippen molar-refractivity contribution < 1.29 is 14.7 Å². The number of amides is 1. The molecule has 1 N–H and O–H groups in total. The molecule has 1 unspecified atom stereocenters. The van der Waals surface area contributed by atoms with Gasteiger partial charge in [0.2, 0.25) is 5.91 Å². The van der Waals surface area contributed by atoms with Crippen LogP contribution in [0.3, 0.4) is 0 Å². The highest BCUT2D eigenvalue weighted by atomic mass is 16.4. The number of likely N-dealkylation sites (tertiary alicyclic amines) is 1. The summed E-state index contributed by atoms with van der Waals surface area (Å²) in [4.78, 5) is 25.4. The molecule has 0 spiro atoms. The van der Waals surface area contributed by atoms with Gasteiger partial charge in [0.1, 0.15) is 5.92 Å². The molecule has 0 aliphatic carbocycles. The molecule has 1 aliphatic rings. The molecule has 17 heavy (non-hydrogen) atoms. The van der Waals surface area contributed by atoms with Crippen molar-refractivity contribution in [1.82, 2.24) is 4.90 Å². The van der Waals surface area contributed by atoms with Crippen molar-refractivity contribution in [2.24, 2.45) is 11.3 Å². The predicted molar refractivity (Wildman–Crippen MR) is 65.6 cm³/mol. The van der Waals surface area contributed by atoms with Gasteiger partial charge < -0.3 is 10.0 Å². The van der Waals surface area contributed by atoms with E-state index < -0.39 is 17.3 Å². The van der Waals surface area contributed by atoms with Crippen LogP contribution in [0.15, 0.2) is 0 Å². The van der Waals surface area contributed by atoms with Crippen LogP contribution in [0.5, 0.6) is 0 Å². The molecule has 0 radical (unpaired) electrons. The average molecular weight is 241 g/mol. The summed E-state index contributed by atoms with van der Waals surface area (Å²) < 4.78 is 0. The minimum Gasteiger partial charge on any atom is -0.481 e. The second-order valence-electron chi connectivity index (χ2n) is 6.54. The number of carboxylic acid groups (broad SMARTS) is 1. The molecule has 4 nitrogen and oxygen atoms in total. The molecule has 4 heteroatoms. The second-order valence-corrected chi connectivity index (χ2v) is 6.54. The van der Waals surface area contributed by atoms with E-state index in [0.717, 1.165) is 12.8 Å². The van der Waals surface area contributed by atoms with Gasteiger partial charge in [-0.3, -0.25) is 9.59 Å². The Morgan fingerprint density at radius 2 is 1.82 bits per heavy atom. The van der Waals surface area contributed by atoms with Crippen molar-refractivity contribution in [2.45, 2.75) is 53.0 Å². The monoisotopic (exact) mass is 241 g/mol.